The molecule has 0 radical (unpaired) electrons. The van der Waals surface area contributed by atoms with Crippen LogP contribution in [0.4, 0.5) is 5.13 Å². The number of carbonyl (C=O) groups is 1. The molecule has 0 bridgehead atoms. The van der Waals surface area contributed by atoms with E-state index in [9.17, 15) is 4.79 Å². The van der Waals surface area contributed by atoms with Gasteiger partial charge in [0.2, 0.25) is 5.91 Å². The topological polar surface area (TPSA) is 69.0 Å². The summed E-state index contributed by atoms with van der Waals surface area (Å²) in [7, 11) is 1.92. The summed E-state index contributed by atoms with van der Waals surface area (Å²) in [5, 5.41) is 9.92. The number of rotatable bonds is 5. The summed E-state index contributed by atoms with van der Waals surface area (Å²) in [6, 6.07) is 6.13. The Labute approximate surface area is 162 Å². The van der Waals surface area contributed by atoms with Gasteiger partial charge < -0.3 is 10.1 Å². The van der Waals surface area contributed by atoms with Crippen molar-refractivity contribution < 1.29 is 9.53 Å². The Morgan fingerprint density at radius 2 is 2.22 bits per heavy atom. The number of ether oxygens (including phenoxy) is 1. The summed E-state index contributed by atoms with van der Waals surface area (Å²) in [4.78, 5) is 16.9. The molecular formula is C20H22N4O2S. The van der Waals surface area contributed by atoms with E-state index in [1.165, 1.54) is 16.9 Å². The molecule has 7 heteroatoms. The lowest BCUT2D eigenvalue weighted by Crippen LogP contribution is -2.12. The Bertz CT molecular complexity index is 1010. The lowest BCUT2D eigenvalue weighted by Gasteiger charge is -2.03. The molecule has 140 valence electrons. The quantitative estimate of drug-likeness (QED) is 0.731. The maximum absolute atomic E-state index is 12.3. The summed E-state index contributed by atoms with van der Waals surface area (Å²) in [5.74, 6) is 0.935. The van der Waals surface area contributed by atoms with E-state index in [2.05, 4.69) is 21.5 Å². The van der Waals surface area contributed by atoms with Crippen LogP contribution in [-0.4, -0.2) is 27.3 Å². The minimum Gasteiger partial charge on any atom is -0.493 e. The number of aryl methyl sites for hydroxylation is 2. The second-order valence-electron chi connectivity index (χ2n) is 6.78. The molecule has 0 saturated carbocycles. The van der Waals surface area contributed by atoms with Crippen molar-refractivity contribution in [2.75, 3.05) is 11.9 Å². The van der Waals surface area contributed by atoms with Gasteiger partial charge in [-0.2, -0.15) is 5.10 Å². The van der Waals surface area contributed by atoms with Crippen LogP contribution in [0.1, 0.15) is 28.9 Å². The smallest absolute Gasteiger partial charge is 0.226 e. The third-order valence-electron chi connectivity index (χ3n) is 5.00. The highest BCUT2D eigenvalue weighted by Gasteiger charge is 2.15. The van der Waals surface area contributed by atoms with Gasteiger partial charge in [-0.15, -0.1) is 11.3 Å². The van der Waals surface area contributed by atoms with Crippen LogP contribution >= 0.6 is 11.3 Å². The van der Waals surface area contributed by atoms with Gasteiger partial charge in [0.05, 0.1) is 18.0 Å². The number of carbonyl (C=O) groups excluding carboxylic acids is 1. The van der Waals surface area contributed by atoms with E-state index in [-0.39, 0.29) is 5.91 Å². The molecule has 1 amide bonds. The first-order valence-corrected chi connectivity index (χ1v) is 9.90. The molecule has 0 atom stereocenters. The highest BCUT2D eigenvalue weighted by Crippen LogP contribution is 2.32. The van der Waals surface area contributed by atoms with E-state index in [0.717, 1.165) is 47.0 Å². The lowest BCUT2D eigenvalue weighted by molar-refractivity contribution is -0.116. The zero-order valence-electron chi connectivity index (χ0n) is 15.7. The highest BCUT2D eigenvalue weighted by molar-refractivity contribution is 7.14. The molecule has 0 aliphatic carbocycles. The molecule has 0 spiro atoms. The number of fused-ring (bicyclic) bond motifs is 1. The average molecular weight is 382 g/mol. The minimum atomic E-state index is -0.0269. The molecule has 1 aliphatic rings. The van der Waals surface area contributed by atoms with Gasteiger partial charge in [0.1, 0.15) is 5.75 Å². The van der Waals surface area contributed by atoms with E-state index in [1.54, 1.807) is 0 Å². The number of nitrogens with zero attached hydrogens (tertiary/aromatic N) is 3. The molecule has 0 saturated heterocycles. The van der Waals surface area contributed by atoms with Crippen LogP contribution < -0.4 is 10.1 Å². The van der Waals surface area contributed by atoms with Crippen LogP contribution in [0.3, 0.4) is 0 Å². The predicted molar refractivity (Wildman–Crippen MR) is 106 cm³/mol. The highest BCUT2D eigenvalue weighted by atomic mass is 32.1. The van der Waals surface area contributed by atoms with Crippen molar-refractivity contribution in [3.8, 4) is 17.0 Å². The summed E-state index contributed by atoms with van der Waals surface area (Å²) >= 11 is 1.45. The minimum absolute atomic E-state index is 0.0269. The monoisotopic (exact) mass is 382 g/mol. The zero-order chi connectivity index (χ0) is 19.0. The predicted octanol–water partition coefficient (Wildman–Crippen LogP) is 3.67. The van der Waals surface area contributed by atoms with Crippen molar-refractivity contribution in [2.45, 2.75) is 33.1 Å². The molecule has 6 nitrogen and oxygen atoms in total. The SMILES string of the molecule is Cc1nn(C)c(C)c1CCC(=O)Nc1nc(-c2ccc3c(c2)CCO3)cs1. The molecular weight excluding hydrogens is 360 g/mol. The molecule has 4 rings (SSSR count). The van der Waals surface area contributed by atoms with Gasteiger partial charge in [-0.25, -0.2) is 4.98 Å². The Hall–Kier alpha value is -2.67. The first-order chi connectivity index (χ1) is 13.0. The Morgan fingerprint density at radius 3 is 3.00 bits per heavy atom. The molecule has 3 aromatic rings. The third kappa shape index (κ3) is 3.60. The van der Waals surface area contributed by atoms with Crippen LogP contribution in [0.2, 0.25) is 0 Å². The Kier molecular flexibility index (Phi) is 4.70. The number of hydrogen-bond acceptors (Lipinski definition) is 5. The zero-order valence-corrected chi connectivity index (χ0v) is 16.5. The van der Waals surface area contributed by atoms with Gasteiger partial charge in [-0.05, 0) is 49.6 Å². The molecule has 27 heavy (non-hydrogen) atoms. The summed E-state index contributed by atoms with van der Waals surface area (Å²) in [6.07, 6.45) is 2.03. The first kappa shape index (κ1) is 17.7. The van der Waals surface area contributed by atoms with Crippen molar-refractivity contribution in [3.05, 3.63) is 46.1 Å². The molecule has 0 unspecified atom stereocenters. The van der Waals surface area contributed by atoms with E-state index in [4.69, 9.17) is 4.74 Å². The number of aromatic nitrogens is 3. The van der Waals surface area contributed by atoms with Crippen molar-refractivity contribution in [3.63, 3.8) is 0 Å². The fourth-order valence-electron chi connectivity index (χ4n) is 3.41. The van der Waals surface area contributed by atoms with E-state index in [0.29, 0.717) is 18.0 Å². The molecule has 1 aliphatic heterocycles. The van der Waals surface area contributed by atoms with Crippen LogP contribution in [0.5, 0.6) is 5.75 Å². The number of amides is 1. The number of benzene rings is 1. The fraction of sp³-hybridized carbons (Fsp3) is 0.350. The van der Waals surface area contributed by atoms with Crippen LogP contribution in [0.15, 0.2) is 23.6 Å². The van der Waals surface area contributed by atoms with Gasteiger partial charge in [0.15, 0.2) is 5.13 Å². The second-order valence-corrected chi connectivity index (χ2v) is 7.64. The van der Waals surface area contributed by atoms with Crippen molar-refractivity contribution in [2.24, 2.45) is 7.05 Å². The Balaban J connectivity index is 1.39. The van der Waals surface area contributed by atoms with Gasteiger partial charge in [-0.3, -0.25) is 9.48 Å². The van der Waals surface area contributed by atoms with Crippen molar-refractivity contribution in [1.29, 1.82) is 0 Å². The number of nitrogens with one attached hydrogen (secondary N) is 1. The fourth-order valence-corrected chi connectivity index (χ4v) is 4.15. The largest absolute Gasteiger partial charge is 0.493 e. The number of thiazole rings is 1. The number of anilines is 1. The lowest BCUT2D eigenvalue weighted by atomic mass is 10.1. The van der Waals surface area contributed by atoms with Crippen LogP contribution in [0, 0.1) is 13.8 Å². The summed E-state index contributed by atoms with van der Waals surface area (Å²) in [6.45, 7) is 4.75. The van der Waals surface area contributed by atoms with Crippen molar-refractivity contribution in [1.82, 2.24) is 14.8 Å². The second kappa shape index (κ2) is 7.15. The van der Waals surface area contributed by atoms with E-state index < -0.39 is 0 Å². The molecule has 1 N–H and O–H groups in total. The maximum atomic E-state index is 12.3. The third-order valence-corrected chi connectivity index (χ3v) is 5.75. The van der Waals surface area contributed by atoms with Crippen molar-refractivity contribution >= 4 is 22.4 Å². The van der Waals surface area contributed by atoms with Crippen LogP contribution in [-0.2, 0) is 24.7 Å². The van der Waals surface area contributed by atoms with Gasteiger partial charge in [0.25, 0.3) is 0 Å². The summed E-state index contributed by atoms with van der Waals surface area (Å²) < 4.78 is 7.41. The number of hydrogen-bond donors (Lipinski definition) is 1. The average Bonchev–Trinajstić information content (AvgIpc) is 3.34. The standard InChI is InChI=1S/C20H22N4O2S/c1-12-16(13(2)24(3)23-12)5-7-19(25)22-20-21-17(11-27-20)14-4-6-18-15(10-14)8-9-26-18/h4,6,10-11H,5,7-9H2,1-3H3,(H,21,22,25). The molecule has 1 aromatic carbocycles. The normalized spacial score (nSPS) is 12.7. The van der Waals surface area contributed by atoms with Gasteiger partial charge >= 0.3 is 0 Å². The first-order valence-electron chi connectivity index (χ1n) is 9.02. The maximum Gasteiger partial charge on any atom is 0.226 e. The Morgan fingerprint density at radius 1 is 1.37 bits per heavy atom. The van der Waals surface area contributed by atoms with E-state index >= 15 is 0 Å². The molecule has 0 fully saturated rings. The van der Waals surface area contributed by atoms with E-state index in [1.807, 2.05) is 43.1 Å². The molecule has 3 heterocycles. The molecule has 2 aromatic heterocycles. The summed E-state index contributed by atoms with van der Waals surface area (Å²) in [5.41, 5.74) is 6.39. The van der Waals surface area contributed by atoms with Gasteiger partial charge in [-0.1, -0.05) is 0 Å². The van der Waals surface area contributed by atoms with Crippen LogP contribution in [0.25, 0.3) is 11.3 Å². The van der Waals surface area contributed by atoms with Gasteiger partial charge in [0, 0.05) is 36.5 Å².